The molecule has 2 rings (SSSR count). The van der Waals surface area contributed by atoms with Gasteiger partial charge in [0.15, 0.2) is 0 Å². The third kappa shape index (κ3) is 7.51. The van der Waals surface area contributed by atoms with Crippen LogP contribution in [0.15, 0.2) is 42.5 Å². The molecule has 0 atom stereocenters. The molecule has 0 aliphatic rings. The monoisotopic (exact) mass is 412 g/mol. The largest absolute Gasteiger partial charge is 0.573 e. The molecule has 0 bridgehead atoms. The lowest BCUT2D eigenvalue weighted by atomic mass is 10.1. The van der Waals surface area contributed by atoms with Gasteiger partial charge in [0, 0.05) is 11.4 Å². The van der Waals surface area contributed by atoms with E-state index in [9.17, 15) is 22.8 Å². The molecule has 2 aromatic carbocycles. The highest BCUT2D eigenvalue weighted by Gasteiger charge is 2.30. The van der Waals surface area contributed by atoms with Crippen molar-refractivity contribution in [2.45, 2.75) is 20.2 Å². The van der Waals surface area contributed by atoms with Crippen molar-refractivity contribution < 1.29 is 27.5 Å². The maximum absolute atomic E-state index is 12.1. The van der Waals surface area contributed by atoms with E-state index in [1.54, 1.807) is 0 Å². The normalized spacial score (nSPS) is 11.0. The third-order valence-corrected chi connectivity index (χ3v) is 4.43. The Kier molecular flexibility index (Phi) is 7.33. The number of rotatable bonds is 7. The predicted molar refractivity (Wildman–Crippen MR) is 104 cm³/mol. The molecule has 28 heavy (non-hydrogen) atoms. The minimum absolute atomic E-state index is 0.0289. The summed E-state index contributed by atoms with van der Waals surface area (Å²) in [4.78, 5) is 23.9. The van der Waals surface area contributed by atoms with Gasteiger partial charge in [-0.05, 0) is 49.7 Å². The van der Waals surface area contributed by atoms with Crippen molar-refractivity contribution in [3.63, 3.8) is 0 Å². The van der Waals surface area contributed by atoms with E-state index in [1.807, 2.05) is 32.0 Å². The first-order valence-corrected chi connectivity index (χ1v) is 9.38. The van der Waals surface area contributed by atoms with Crippen molar-refractivity contribution in [1.29, 1.82) is 0 Å². The Bertz CT molecular complexity index is 839. The molecule has 2 amide bonds. The van der Waals surface area contributed by atoms with Crippen molar-refractivity contribution >= 4 is 35.0 Å². The van der Waals surface area contributed by atoms with Gasteiger partial charge in [-0.1, -0.05) is 17.7 Å². The lowest BCUT2D eigenvalue weighted by Crippen LogP contribution is -2.19. The Morgan fingerprint density at radius 1 is 0.964 bits per heavy atom. The number of aryl methyl sites for hydroxylation is 2. The summed E-state index contributed by atoms with van der Waals surface area (Å²) in [5.41, 5.74) is 3.11. The molecule has 0 aliphatic carbocycles. The van der Waals surface area contributed by atoms with Gasteiger partial charge in [0.1, 0.15) is 5.75 Å². The third-order valence-electron chi connectivity index (χ3n) is 3.49. The fourth-order valence-electron chi connectivity index (χ4n) is 2.31. The van der Waals surface area contributed by atoms with Crippen LogP contribution in [-0.4, -0.2) is 29.7 Å². The first-order chi connectivity index (χ1) is 13.1. The summed E-state index contributed by atoms with van der Waals surface area (Å²) < 4.78 is 40.1. The summed E-state index contributed by atoms with van der Waals surface area (Å²) in [5, 5.41) is 5.33. The van der Waals surface area contributed by atoms with E-state index >= 15 is 0 Å². The number of carbonyl (C=O) groups excluding carboxylic acids is 2. The Labute approximate surface area is 164 Å². The molecule has 2 aromatic rings. The zero-order valence-corrected chi connectivity index (χ0v) is 16.0. The Hall–Kier alpha value is -2.68. The van der Waals surface area contributed by atoms with Crippen LogP contribution in [0.2, 0.25) is 0 Å². The van der Waals surface area contributed by atoms with Gasteiger partial charge in [-0.2, -0.15) is 0 Å². The molecular formula is C19H19F3N2O3S. The lowest BCUT2D eigenvalue weighted by molar-refractivity contribution is -0.274. The summed E-state index contributed by atoms with van der Waals surface area (Å²) in [5.74, 6) is -0.838. The number of hydrogen-bond donors (Lipinski definition) is 2. The minimum atomic E-state index is -4.76. The SMILES string of the molecule is Cc1ccc(NC(=O)CSCC(=O)Nc2ccc(OC(F)(F)F)cc2)c(C)c1. The maximum Gasteiger partial charge on any atom is 0.573 e. The van der Waals surface area contributed by atoms with Crippen molar-refractivity contribution in [3.8, 4) is 5.75 Å². The van der Waals surface area contributed by atoms with Crippen LogP contribution < -0.4 is 15.4 Å². The van der Waals surface area contributed by atoms with Crippen LogP contribution in [0.1, 0.15) is 11.1 Å². The fourth-order valence-corrected chi connectivity index (χ4v) is 2.93. The number of alkyl halides is 3. The number of ether oxygens (including phenoxy) is 1. The second-order valence-electron chi connectivity index (χ2n) is 5.98. The first kappa shape index (κ1) is 21.6. The maximum atomic E-state index is 12.1. The molecule has 0 aliphatic heterocycles. The van der Waals surface area contributed by atoms with E-state index < -0.39 is 6.36 Å². The first-order valence-electron chi connectivity index (χ1n) is 8.23. The number of anilines is 2. The molecule has 0 spiro atoms. The standard InChI is InChI=1S/C19H19F3N2O3S/c1-12-3-8-16(13(2)9-12)24-18(26)11-28-10-17(25)23-14-4-6-15(7-5-14)27-19(20,21)22/h3-9H,10-11H2,1-2H3,(H,23,25)(H,24,26). The van der Waals surface area contributed by atoms with Crippen LogP contribution in [0.3, 0.4) is 0 Å². The van der Waals surface area contributed by atoms with Gasteiger partial charge in [0.2, 0.25) is 11.8 Å². The average Bonchev–Trinajstić information content (AvgIpc) is 2.58. The van der Waals surface area contributed by atoms with E-state index in [1.165, 1.54) is 12.1 Å². The van der Waals surface area contributed by atoms with Gasteiger partial charge < -0.3 is 15.4 Å². The predicted octanol–water partition coefficient (Wildman–Crippen LogP) is 4.51. The smallest absolute Gasteiger partial charge is 0.406 e. The van der Waals surface area contributed by atoms with Crippen molar-refractivity contribution in [2.24, 2.45) is 0 Å². The second-order valence-corrected chi connectivity index (χ2v) is 6.97. The highest BCUT2D eigenvalue weighted by atomic mass is 32.2. The van der Waals surface area contributed by atoms with E-state index in [-0.39, 0.29) is 29.1 Å². The second kappa shape index (κ2) is 9.50. The Balaban J connectivity index is 1.74. The highest BCUT2D eigenvalue weighted by molar-refractivity contribution is 8.00. The van der Waals surface area contributed by atoms with Crippen LogP contribution in [-0.2, 0) is 9.59 Å². The number of benzene rings is 2. The topological polar surface area (TPSA) is 67.4 Å². The summed E-state index contributed by atoms with van der Waals surface area (Å²) in [7, 11) is 0. The molecule has 0 fully saturated rings. The molecule has 0 saturated heterocycles. The van der Waals surface area contributed by atoms with Crippen LogP contribution in [0, 0.1) is 13.8 Å². The van der Waals surface area contributed by atoms with Gasteiger partial charge in [0.25, 0.3) is 0 Å². The Morgan fingerprint density at radius 3 is 2.14 bits per heavy atom. The van der Waals surface area contributed by atoms with Crippen LogP contribution >= 0.6 is 11.8 Å². The quantitative estimate of drug-likeness (QED) is 0.702. The van der Waals surface area contributed by atoms with Gasteiger partial charge >= 0.3 is 6.36 Å². The van der Waals surface area contributed by atoms with E-state index in [0.717, 1.165) is 40.7 Å². The van der Waals surface area contributed by atoms with Crippen molar-refractivity contribution in [1.82, 2.24) is 0 Å². The number of thioether (sulfide) groups is 1. The van der Waals surface area contributed by atoms with E-state index in [0.29, 0.717) is 5.69 Å². The van der Waals surface area contributed by atoms with Crippen LogP contribution in [0.25, 0.3) is 0 Å². The van der Waals surface area contributed by atoms with Gasteiger partial charge in [0.05, 0.1) is 11.5 Å². The van der Waals surface area contributed by atoms with Gasteiger partial charge in [-0.3, -0.25) is 9.59 Å². The summed E-state index contributed by atoms with van der Waals surface area (Å²) in [6.07, 6.45) is -4.76. The van der Waals surface area contributed by atoms with Crippen molar-refractivity contribution in [3.05, 3.63) is 53.6 Å². The molecule has 2 N–H and O–H groups in total. The number of carbonyl (C=O) groups is 2. The van der Waals surface area contributed by atoms with Gasteiger partial charge in [-0.15, -0.1) is 24.9 Å². The summed E-state index contributed by atoms with van der Waals surface area (Å²) >= 11 is 1.13. The number of amides is 2. The number of hydrogen-bond acceptors (Lipinski definition) is 4. The zero-order valence-electron chi connectivity index (χ0n) is 15.2. The van der Waals surface area contributed by atoms with Gasteiger partial charge in [-0.25, -0.2) is 0 Å². The van der Waals surface area contributed by atoms with Crippen LogP contribution in [0.4, 0.5) is 24.5 Å². The molecule has 5 nitrogen and oxygen atoms in total. The number of nitrogens with one attached hydrogen (secondary N) is 2. The fraction of sp³-hybridized carbons (Fsp3) is 0.263. The summed E-state index contributed by atoms with van der Waals surface area (Å²) in [6, 6.07) is 10.5. The molecule has 0 heterocycles. The zero-order chi connectivity index (χ0) is 20.7. The minimum Gasteiger partial charge on any atom is -0.406 e. The molecule has 0 unspecified atom stereocenters. The molecule has 0 aromatic heterocycles. The van der Waals surface area contributed by atoms with Crippen LogP contribution in [0.5, 0.6) is 5.75 Å². The molecular weight excluding hydrogens is 393 g/mol. The summed E-state index contributed by atoms with van der Waals surface area (Å²) in [6.45, 7) is 3.86. The van der Waals surface area contributed by atoms with Crippen molar-refractivity contribution in [2.75, 3.05) is 22.1 Å². The molecule has 150 valence electrons. The number of halogens is 3. The van der Waals surface area contributed by atoms with E-state index in [4.69, 9.17) is 0 Å². The molecule has 0 saturated carbocycles. The van der Waals surface area contributed by atoms with E-state index in [2.05, 4.69) is 15.4 Å². The highest BCUT2D eigenvalue weighted by Crippen LogP contribution is 2.24. The Morgan fingerprint density at radius 2 is 1.57 bits per heavy atom. The lowest BCUT2D eigenvalue weighted by Gasteiger charge is -2.10. The average molecular weight is 412 g/mol. The molecule has 9 heteroatoms. The molecule has 0 radical (unpaired) electrons.